The molecular formula is C27H31ClN2O4S. The molecule has 0 spiro atoms. The molecule has 0 saturated heterocycles. The Labute approximate surface area is 212 Å². The van der Waals surface area contributed by atoms with Crippen molar-refractivity contribution < 1.29 is 18.3 Å². The van der Waals surface area contributed by atoms with Crippen LogP contribution in [0.15, 0.2) is 47.4 Å². The maximum Gasteiger partial charge on any atom is 0.321 e. The van der Waals surface area contributed by atoms with Crippen LogP contribution in [0.2, 0.25) is 5.02 Å². The largest absolute Gasteiger partial charge is 0.480 e. The molecule has 1 atom stereocenters. The summed E-state index contributed by atoms with van der Waals surface area (Å²) >= 11 is 6.61. The fourth-order valence-electron chi connectivity index (χ4n) is 4.88. The number of likely N-dealkylation sites (N-methyl/N-ethyl adjacent to an activating group) is 1. The molecule has 0 amide bonds. The van der Waals surface area contributed by atoms with Crippen LogP contribution >= 0.6 is 11.6 Å². The number of carboxylic acids is 1. The molecule has 0 radical (unpaired) electrons. The van der Waals surface area contributed by atoms with Crippen molar-refractivity contribution in [2.24, 2.45) is 11.3 Å². The Hall–Kier alpha value is -2.53. The fraction of sp³-hybridized carbons (Fsp3) is 0.444. The van der Waals surface area contributed by atoms with Crippen LogP contribution in [0.4, 0.5) is 11.4 Å². The molecule has 8 heteroatoms. The number of halogens is 1. The molecule has 1 N–H and O–H groups in total. The van der Waals surface area contributed by atoms with Crippen LogP contribution in [-0.4, -0.2) is 43.4 Å². The van der Waals surface area contributed by atoms with Crippen molar-refractivity contribution in [2.75, 3.05) is 18.5 Å². The normalized spacial score (nSPS) is 20.9. The first kappa shape index (κ1) is 25.6. The number of fused-ring (bicyclic) bond motifs is 1. The summed E-state index contributed by atoms with van der Waals surface area (Å²) in [4.78, 5) is 13.7. The Bertz CT molecular complexity index is 1280. The van der Waals surface area contributed by atoms with Gasteiger partial charge in [0.2, 0.25) is 10.0 Å². The highest BCUT2D eigenvalue weighted by molar-refractivity contribution is 7.89. The van der Waals surface area contributed by atoms with Crippen molar-refractivity contribution in [3.05, 3.63) is 53.1 Å². The van der Waals surface area contributed by atoms with Gasteiger partial charge in [-0.25, -0.2) is 8.42 Å². The second kappa shape index (κ2) is 9.85. The number of rotatable bonds is 3. The molecule has 1 aliphatic heterocycles. The molecule has 1 heterocycles. The second-order valence-electron chi connectivity index (χ2n) is 9.91. The maximum atomic E-state index is 13.9. The van der Waals surface area contributed by atoms with Gasteiger partial charge in [-0.1, -0.05) is 60.9 Å². The van der Waals surface area contributed by atoms with E-state index < -0.39 is 21.4 Å². The van der Waals surface area contributed by atoms with Gasteiger partial charge in [-0.05, 0) is 56.9 Å². The first-order chi connectivity index (χ1) is 16.5. The topological polar surface area (TPSA) is 77.9 Å². The zero-order chi connectivity index (χ0) is 25.4. The standard InChI is InChI=1S/C27H31ClN2O4S/c1-27(2,26(31)32)15-14-20-16-25-23(17-22(20)28)30(21-12-8-5-9-13-21)18-24(29(3)35(25,33)34)19-10-6-4-7-11-19/h5,8-9,12-13,16-17,19,24H,4,6-7,10-11,18H2,1-3H3,(H,31,32)/t24-/m0/s1. The number of hydrogen-bond acceptors (Lipinski definition) is 4. The van der Waals surface area contributed by atoms with Crippen molar-refractivity contribution in [3.8, 4) is 11.8 Å². The van der Waals surface area contributed by atoms with Crippen LogP contribution < -0.4 is 4.90 Å². The summed E-state index contributed by atoms with van der Waals surface area (Å²) in [7, 11) is -2.19. The quantitative estimate of drug-likeness (QED) is 0.545. The molecular weight excluding hydrogens is 484 g/mol. The number of benzene rings is 2. The highest BCUT2D eigenvalue weighted by atomic mass is 35.5. The van der Waals surface area contributed by atoms with Gasteiger partial charge in [0.15, 0.2) is 0 Å². The first-order valence-corrected chi connectivity index (χ1v) is 13.7. The van der Waals surface area contributed by atoms with Crippen LogP contribution in [0.3, 0.4) is 0 Å². The van der Waals surface area contributed by atoms with Crippen LogP contribution in [0.25, 0.3) is 0 Å². The predicted octanol–water partition coefficient (Wildman–Crippen LogP) is 5.52. The minimum Gasteiger partial charge on any atom is -0.480 e. The van der Waals surface area contributed by atoms with Gasteiger partial charge < -0.3 is 10.0 Å². The molecule has 0 aromatic heterocycles. The van der Waals surface area contributed by atoms with Gasteiger partial charge in [0, 0.05) is 30.9 Å². The molecule has 0 unspecified atom stereocenters. The second-order valence-corrected chi connectivity index (χ2v) is 12.3. The molecule has 186 valence electrons. The summed E-state index contributed by atoms with van der Waals surface area (Å²) in [5, 5.41) is 9.69. The average molecular weight is 515 g/mol. The number of carbonyl (C=O) groups is 1. The molecule has 4 rings (SSSR count). The number of carboxylic acid groups (broad SMARTS) is 1. The molecule has 35 heavy (non-hydrogen) atoms. The SMILES string of the molecule is CN1[C@H](C2CCCCC2)CN(c2ccccc2)c2cc(Cl)c(C#CC(C)(C)C(=O)O)cc2S1(=O)=O. The van der Waals surface area contributed by atoms with Crippen molar-refractivity contribution in [2.45, 2.75) is 56.9 Å². The predicted molar refractivity (Wildman–Crippen MR) is 139 cm³/mol. The lowest BCUT2D eigenvalue weighted by atomic mass is 9.83. The van der Waals surface area contributed by atoms with E-state index in [9.17, 15) is 18.3 Å². The van der Waals surface area contributed by atoms with E-state index in [-0.39, 0.29) is 21.9 Å². The molecule has 2 aliphatic rings. The number of nitrogens with zero attached hydrogens (tertiary/aromatic N) is 2. The number of para-hydroxylation sites is 1. The summed E-state index contributed by atoms with van der Waals surface area (Å²) in [5.41, 5.74) is 0.394. The molecule has 2 aromatic rings. The summed E-state index contributed by atoms with van der Waals surface area (Å²) in [6.45, 7) is 3.51. The van der Waals surface area contributed by atoms with Gasteiger partial charge in [-0.15, -0.1) is 0 Å². The number of sulfonamides is 1. The summed E-state index contributed by atoms with van der Waals surface area (Å²) in [5.74, 6) is 4.76. The van der Waals surface area contributed by atoms with Gasteiger partial charge >= 0.3 is 5.97 Å². The third-order valence-corrected chi connectivity index (χ3v) is 9.36. The lowest BCUT2D eigenvalue weighted by Crippen LogP contribution is -2.46. The van der Waals surface area contributed by atoms with E-state index in [1.807, 2.05) is 35.2 Å². The minimum absolute atomic E-state index is 0.129. The van der Waals surface area contributed by atoms with E-state index in [0.717, 1.165) is 31.4 Å². The van der Waals surface area contributed by atoms with E-state index in [2.05, 4.69) is 11.8 Å². The number of aliphatic carboxylic acids is 1. The molecule has 1 saturated carbocycles. The van der Waals surface area contributed by atoms with E-state index in [1.165, 1.54) is 30.6 Å². The lowest BCUT2D eigenvalue weighted by molar-refractivity contribution is -0.143. The minimum atomic E-state index is -3.86. The molecule has 1 fully saturated rings. The fourth-order valence-corrected chi connectivity index (χ4v) is 6.70. The van der Waals surface area contributed by atoms with Crippen molar-refractivity contribution >= 4 is 39.0 Å². The lowest BCUT2D eigenvalue weighted by Gasteiger charge is -2.36. The summed E-state index contributed by atoms with van der Waals surface area (Å²) in [6.07, 6.45) is 5.42. The Morgan fingerprint density at radius 3 is 2.40 bits per heavy atom. The number of anilines is 2. The third kappa shape index (κ3) is 5.06. The highest BCUT2D eigenvalue weighted by Gasteiger charge is 2.41. The number of hydrogen-bond donors (Lipinski definition) is 1. The maximum absolute atomic E-state index is 13.9. The summed E-state index contributed by atoms with van der Waals surface area (Å²) in [6, 6.07) is 12.7. The average Bonchev–Trinajstić information content (AvgIpc) is 2.91. The molecule has 6 nitrogen and oxygen atoms in total. The summed E-state index contributed by atoms with van der Waals surface area (Å²) < 4.78 is 29.4. The van der Waals surface area contributed by atoms with Crippen molar-refractivity contribution in [3.63, 3.8) is 0 Å². The molecule has 1 aliphatic carbocycles. The van der Waals surface area contributed by atoms with Gasteiger partial charge in [0.05, 0.1) is 10.7 Å². The van der Waals surface area contributed by atoms with E-state index >= 15 is 0 Å². The van der Waals surface area contributed by atoms with Crippen molar-refractivity contribution in [1.82, 2.24) is 4.31 Å². The molecule has 0 bridgehead atoms. The van der Waals surface area contributed by atoms with Gasteiger partial charge in [-0.3, -0.25) is 4.79 Å². The first-order valence-electron chi connectivity index (χ1n) is 11.9. The van der Waals surface area contributed by atoms with Crippen LogP contribution in [-0.2, 0) is 14.8 Å². The van der Waals surface area contributed by atoms with Crippen LogP contribution in [0, 0.1) is 23.2 Å². The monoisotopic (exact) mass is 514 g/mol. The van der Waals surface area contributed by atoms with E-state index in [4.69, 9.17) is 11.6 Å². The Morgan fingerprint density at radius 1 is 1.11 bits per heavy atom. The van der Waals surface area contributed by atoms with E-state index in [1.54, 1.807) is 13.1 Å². The van der Waals surface area contributed by atoms with Crippen molar-refractivity contribution in [1.29, 1.82) is 0 Å². The zero-order valence-electron chi connectivity index (χ0n) is 20.3. The van der Waals surface area contributed by atoms with E-state index in [0.29, 0.717) is 17.8 Å². The Morgan fingerprint density at radius 2 is 1.77 bits per heavy atom. The smallest absolute Gasteiger partial charge is 0.321 e. The van der Waals surface area contributed by atoms with Crippen LogP contribution in [0.5, 0.6) is 0 Å². The van der Waals surface area contributed by atoms with Gasteiger partial charge in [-0.2, -0.15) is 4.31 Å². The highest BCUT2D eigenvalue weighted by Crippen LogP contribution is 2.42. The Kier molecular flexibility index (Phi) is 7.19. The third-order valence-electron chi connectivity index (χ3n) is 7.14. The van der Waals surface area contributed by atoms with Crippen LogP contribution in [0.1, 0.15) is 51.5 Å². The van der Waals surface area contributed by atoms with Gasteiger partial charge in [0.25, 0.3) is 0 Å². The zero-order valence-corrected chi connectivity index (χ0v) is 21.9. The van der Waals surface area contributed by atoms with Gasteiger partial charge in [0.1, 0.15) is 10.3 Å². The Balaban J connectivity index is 1.89. The molecule has 2 aromatic carbocycles.